The van der Waals surface area contributed by atoms with Gasteiger partial charge in [-0.25, -0.2) is 4.98 Å². The number of hydrogen-bond acceptors (Lipinski definition) is 6. The quantitative estimate of drug-likeness (QED) is 0.290. The zero-order valence-corrected chi connectivity index (χ0v) is 10.4. The van der Waals surface area contributed by atoms with Gasteiger partial charge in [0.25, 0.3) is 0 Å². The molecule has 17 heavy (non-hydrogen) atoms. The first-order valence-corrected chi connectivity index (χ1v) is 6.62. The zero-order valence-electron chi connectivity index (χ0n) is 8.78. The Kier molecular flexibility index (Phi) is 3.94. The minimum atomic E-state index is 0.0281. The van der Waals surface area contributed by atoms with Gasteiger partial charge in [0.2, 0.25) is 0 Å². The van der Waals surface area contributed by atoms with Crippen molar-refractivity contribution in [3.8, 4) is 0 Å². The lowest BCUT2D eigenvalue weighted by Crippen LogP contribution is -2.17. The summed E-state index contributed by atoms with van der Waals surface area (Å²) < 4.78 is 0.985. The number of thiazole rings is 1. The molecule has 0 saturated heterocycles. The van der Waals surface area contributed by atoms with Crippen LogP contribution in [0, 0.1) is 0 Å². The Morgan fingerprint density at radius 3 is 3.06 bits per heavy atom. The number of oxime groups is 1. The lowest BCUT2D eigenvalue weighted by atomic mass is 10.2. The monoisotopic (exact) mass is 266 g/mol. The maximum absolute atomic E-state index is 8.67. The fraction of sp³-hybridized carbons (Fsp3) is 0.100. The van der Waals surface area contributed by atoms with E-state index < -0.39 is 0 Å². The van der Waals surface area contributed by atoms with Crippen molar-refractivity contribution in [1.29, 1.82) is 0 Å². The largest absolute Gasteiger partial charge is 0.409 e. The van der Waals surface area contributed by atoms with Gasteiger partial charge in [-0.15, -0.1) is 11.3 Å². The number of pyridine rings is 1. The summed E-state index contributed by atoms with van der Waals surface area (Å²) >= 11 is 3.18. The summed E-state index contributed by atoms with van der Waals surface area (Å²) in [7, 11) is 0. The van der Waals surface area contributed by atoms with Crippen molar-refractivity contribution in [1.82, 2.24) is 9.97 Å². The van der Waals surface area contributed by atoms with Gasteiger partial charge in [0, 0.05) is 23.5 Å². The molecule has 2 aromatic rings. The van der Waals surface area contributed by atoms with E-state index in [0.29, 0.717) is 11.4 Å². The maximum Gasteiger partial charge on any atom is 0.189 e. The third-order valence-electron chi connectivity index (χ3n) is 2.00. The molecular formula is C10H10N4OS2. The number of aromatic nitrogens is 2. The van der Waals surface area contributed by atoms with Crippen LogP contribution in [-0.4, -0.2) is 21.0 Å². The molecule has 2 heterocycles. The first kappa shape index (κ1) is 11.9. The average Bonchev–Trinajstić information content (AvgIpc) is 2.89. The van der Waals surface area contributed by atoms with Crippen molar-refractivity contribution in [2.45, 2.75) is 10.1 Å². The maximum atomic E-state index is 8.67. The van der Waals surface area contributed by atoms with E-state index in [2.05, 4.69) is 15.1 Å². The van der Waals surface area contributed by atoms with Gasteiger partial charge in [-0.1, -0.05) is 23.0 Å². The number of hydrogen-bond donors (Lipinski definition) is 2. The van der Waals surface area contributed by atoms with Crippen molar-refractivity contribution < 1.29 is 5.21 Å². The second-order valence-electron chi connectivity index (χ2n) is 3.08. The Bertz CT molecular complexity index is 513. The highest BCUT2D eigenvalue weighted by Crippen LogP contribution is 2.25. The highest BCUT2D eigenvalue weighted by atomic mass is 32.2. The highest BCUT2D eigenvalue weighted by Gasteiger charge is 2.08. The lowest BCUT2D eigenvalue weighted by molar-refractivity contribution is 0.318. The fourth-order valence-electron chi connectivity index (χ4n) is 1.25. The molecule has 7 heteroatoms. The van der Waals surface area contributed by atoms with Gasteiger partial charge in [0.05, 0.1) is 0 Å². The van der Waals surface area contributed by atoms with Crippen LogP contribution in [0.4, 0.5) is 0 Å². The van der Waals surface area contributed by atoms with E-state index in [4.69, 9.17) is 10.9 Å². The Morgan fingerprint density at radius 2 is 2.35 bits per heavy atom. The highest BCUT2D eigenvalue weighted by molar-refractivity contribution is 8.00. The fourth-order valence-corrected chi connectivity index (χ4v) is 2.88. The van der Waals surface area contributed by atoms with Crippen LogP contribution in [-0.2, 0) is 5.75 Å². The van der Waals surface area contributed by atoms with Gasteiger partial charge in [-0.2, -0.15) is 0 Å². The molecule has 0 unspecified atom stereocenters. The Labute approximate surface area is 106 Å². The van der Waals surface area contributed by atoms with Gasteiger partial charge >= 0.3 is 0 Å². The van der Waals surface area contributed by atoms with E-state index >= 15 is 0 Å². The predicted octanol–water partition coefficient (Wildman–Crippen LogP) is 1.92. The molecule has 0 aliphatic heterocycles. The summed E-state index contributed by atoms with van der Waals surface area (Å²) in [4.78, 5) is 8.28. The molecule has 0 atom stereocenters. The van der Waals surface area contributed by atoms with Crippen molar-refractivity contribution in [2.75, 3.05) is 0 Å². The molecule has 0 amide bonds. The molecule has 0 spiro atoms. The van der Waals surface area contributed by atoms with Gasteiger partial charge in [-0.05, 0) is 11.6 Å². The van der Waals surface area contributed by atoms with Crippen LogP contribution in [0.3, 0.4) is 0 Å². The van der Waals surface area contributed by atoms with Crippen LogP contribution in [0.5, 0.6) is 0 Å². The molecule has 0 aromatic carbocycles. The Hall–Kier alpha value is -1.60. The van der Waals surface area contributed by atoms with Crippen LogP contribution >= 0.6 is 23.1 Å². The molecule has 0 bridgehead atoms. The molecule has 0 radical (unpaired) electrons. The number of nitrogens with zero attached hydrogens (tertiary/aromatic N) is 3. The van der Waals surface area contributed by atoms with Gasteiger partial charge in [-0.3, -0.25) is 4.98 Å². The number of thioether (sulfide) groups is 1. The standard InChI is InChI=1S/C10H10N4OS2/c11-9(14-15)8-7(2-1-3-12-8)6-17-10-13-4-5-16-10/h1-5,15H,6H2,(H2,11,14). The number of rotatable bonds is 4. The molecule has 0 aliphatic carbocycles. The SMILES string of the molecule is NC(=NO)c1ncccc1CSc1nccs1. The minimum absolute atomic E-state index is 0.0281. The third-order valence-corrected chi connectivity index (χ3v) is 4.02. The normalized spacial score (nSPS) is 11.6. The Balaban J connectivity index is 2.15. The van der Waals surface area contributed by atoms with Crippen molar-refractivity contribution in [2.24, 2.45) is 10.9 Å². The summed E-state index contributed by atoms with van der Waals surface area (Å²) in [5.41, 5.74) is 6.99. The second-order valence-corrected chi connectivity index (χ2v) is 5.20. The van der Waals surface area contributed by atoms with Crippen LogP contribution in [0.1, 0.15) is 11.3 Å². The van der Waals surface area contributed by atoms with Gasteiger partial charge < -0.3 is 10.9 Å². The summed E-state index contributed by atoms with van der Waals surface area (Å²) in [5, 5.41) is 13.6. The molecule has 0 aliphatic rings. The molecular weight excluding hydrogens is 256 g/mol. The summed E-state index contributed by atoms with van der Waals surface area (Å²) in [6.45, 7) is 0. The topological polar surface area (TPSA) is 84.4 Å². The van der Waals surface area contributed by atoms with E-state index in [1.165, 1.54) is 0 Å². The van der Waals surface area contributed by atoms with Gasteiger partial charge in [0.1, 0.15) is 10.0 Å². The first-order chi connectivity index (χ1) is 8.31. The lowest BCUT2D eigenvalue weighted by Gasteiger charge is -2.05. The molecule has 0 saturated carbocycles. The number of nitrogens with two attached hydrogens (primary N) is 1. The van der Waals surface area contributed by atoms with E-state index in [1.54, 1.807) is 35.5 Å². The van der Waals surface area contributed by atoms with E-state index in [1.807, 2.05) is 17.5 Å². The molecule has 0 fully saturated rings. The third kappa shape index (κ3) is 2.95. The van der Waals surface area contributed by atoms with E-state index in [0.717, 1.165) is 9.90 Å². The number of amidine groups is 1. The first-order valence-electron chi connectivity index (χ1n) is 4.75. The van der Waals surface area contributed by atoms with Crippen molar-refractivity contribution >= 4 is 28.9 Å². The second kappa shape index (κ2) is 5.65. The van der Waals surface area contributed by atoms with E-state index in [9.17, 15) is 0 Å². The molecule has 88 valence electrons. The molecule has 3 N–H and O–H groups in total. The average molecular weight is 266 g/mol. The summed E-state index contributed by atoms with van der Waals surface area (Å²) in [6, 6.07) is 3.73. The van der Waals surface area contributed by atoms with Crippen LogP contribution in [0.15, 0.2) is 39.4 Å². The van der Waals surface area contributed by atoms with E-state index in [-0.39, 0.29) is 5.84 Å². The minimum Gasteiger partial charge on any atom is -0.409 e. The van der Waals surface area contributed by atoms with Crippen LogP contribution < -0.4 is 5.73 Å². The van der Waals surface area contributed by atoms with Crippen LogP contribution in [0.2, 0.25) is 0 Å². The molecule has 2 rings (SSSR count). The van der Waals surface area contributed by atoms with Crippen molar-refractivity contribution in [3.05, 3.63) is 41.2 Å². The zero-order chi connectivity index (χ0) is 12.1. The molecule has 2 aromatic heterocycles. The predicted molar refractivity (Wildman–Crippen MR) is 68.4 cm³/mol. The van der Waals surface area contributed by atoms with Crippen LogP contribution in [0.25, 0.3) is 0 Å². The Morgan fingerprint density at radius 1 is 1.47 bits per heavy atom. The molecule has 5 nitrogen and oxygen atoms in total. The summed E-state index contributed by atoms with van der Waals surface area (Å²) in [5.74, 6) is 0.715. The summed E-state index contributed by atoms with van der Waals surface area (Å²) in [6.07, 6.45) is 3.38. The smallest absolute Gasteiger partial charge is 0.189 e. The van der Waals surface area contributed by atoms with Crippen molar-refractivity contribution in [3.63, 3.8) is 0 Å². The van der Waals surface area contributed by atoms with Gasteiger partial charge in [0.15, 0.2) is 5.84 Å².